The van der Waals surface area contributed by atoms with E-state index in [1.165, 1.54) is 23.8 Å². The second kappa shape index (κ2) is 20.0. The molecule has 310 valence electrons. The molecular formula is C41H56N6O10. The number of esters is 1. The van der Waals surface area contributed by atoms with E-state index in [0.29, 0.717) is 34.9 Å². The number of urea groups is 1. The lowest BCUT2D eigenvalue weighted by Gasteiger charge is -2.40. The standard InChI is InChI=1S/C41H56N6O10/c1-8-9-19-32(38(50)57-30-17-13-16-28(21-30)25-56-47(53)54)42-36(48)33(22-29-24-45(40(52)55-7)35-20-11-10-18-31(29)35)43-37(49)34(23-41(4,5)6)44-39(51)46-26(2)14-12-15-27(46)3/h10-11,13,16-18,20-21,24,26-27,32-34H,8-9,12,14-15,19,22-23,25H2,1-7H3,(H,42,48)(H,43,49)(H,44,51). The minimum Gasteiger partial charge on any atom is -0.452 e. The van der Waals surface area contributed by atoms with E-state index < -0.39 is 52.5 Å². The summed E-state index contributed by atoms with van der Waals surface area (Å²) < 4.78 is 11.9. The maximum atomic E-state index is 14.4. The summed E-state index contributed by atoms with van der Waals surface area (Å²) in [5, 5.41) is 19.1. The van der Waals surface area contributed by atoms with Crippen LogP contribution in [-0.4, -0.2) is 81.8 Å². The topological polar surface area (TPSA) is 200 Å². The first-order chi connectivity index (χ1) is 27.0. The van der Waals surface area contributed by atoms with Crippen LogP contribution in [0.15, 0.2) is 54.7 Å². The van der Waals surface area contributed by atoms with Crippen LogP contribution in [0.3, 0.4) is 0 Å². The van der Waals surface area contributed by atoms with Crippen molar-refractivity contribution in [1.82, 2.24) is 25.4 Å². The number of ether oxygens (including phenoxy) is 2. The van der Waals surface area contributed by atoms with Crippen molar-refractivity contribution in [2.45, 2.75) is 130 Å². The highest BCUT2D eigenvalue weighted by Gasteiger charge is 2.36. The molecule has 0 aliphatic carbocycles. The van der Waals surface area contributed by atoms with Gasteiger partial charge in [-0.05, 0) is 80.7 Å². The minimum absolute atomic E-state index is 0.0191. The Bertz CT molecular complexity index is 1900. The van der Waals surface area contributed by atoms with E-state index in [9.17, 15) is 34.1 Å². The minimum atomic E-state index is -1.28. The number of aromatic nitrogens is 1. The maximum absolute atomic E-state index is 14.4. The Kier molecular flexibility index (Phi) is 15.4. The Morgan fingerprint density at radius 3 is 2.25 bits per heavy atom. The predicted octanol–water partition coefficient (Wildman–Crippen LogP) is 6.05. The molecule has 3 N–H and O–H groups in total. The second-order valence-corrected chi connectivity index (χ2v) is 15.8. The van der Waals surface area contributed by atoms with Crippen LogP contribution >= 0.6 is 0 Å². The SMILES string of the molecule is CCCCC(NC(=O)C(Cc1cn(C(=O)OC)c2ccccc12)NC(=O)C(CC(C)(C)C)NC(=O)N1C(C)CCCC1C)C(=O)Oc1cccc(CO[N+](=O)[O-])c1. The first kappa shape index (κ1) is 44.0. The van der Waals surface area contributed by atoms with Crippen molar-refractivity contribution in [2.75, 3.05) is 7.11 Å². The number of likely N-dealkylation sites (tertiary alicyclic amines) is 1. The number of hydrogen-bond acceptors (Lipinski definition) is 10. The maximum Gasteiger partial charge on any atom is 0.418 e. The highest BCUT2D eigenvalue weighted by atomic mass is 16.9. The zero-order valence-electron chi connectivity index (χ0n) is 33.9. The highest BCUT2D eigenvalue weighted by molar-refractivity contribution is 5.96. The van der Waals surface area contributed by atoms with Gasteiger partial charge in [0.15, 0.2) is 0 Å². The van der Waals surface area contributed by atoms with Crippen molar-refractivity contribution < 1.29 is 43.4 Å². The lowest BCUT2D eigenvalue weighted by atomic mass is 9.87. The van der Waals surface area contributed by atoms with Crippen LogP contribution in [0, 0.1) is 15.5 Å². The number of nitrogens with one attached hydrogen (secondary N) is 3. The third-order valence-corrected chi connectivity index (χ3v) is 9.98. The van der Waals surface area contributed by atoms with Crippen LogP contribution in [0.5, 0.6) is 5.75 Å². The Morgan fingerprint density at radius 2 is 1.60 bits per heavy atom. The fourth-order valence-corrected chi connectivity index (χ4v) is 7.17. The number of piperidine rings is 1. The largest absolute Gasteiger partial charge is 0.452 e. The number of unbranched alkanes of at least 4 members (excludes halogenated alkanes) is 1. The summed E-state index contributed by atoms with van der Waals surface area (Å²) in [6, 6.07) is 9.29. The summed E-state index contributed by atoms with van der Waals surface area (Å²) in [5.74, 6) is -1.96. The number of carbonyl (C=O) groups excluding carboxylic acids is 5. The van der Waals surface area contributed by atoms with Crippen molar-refractivity contribution in [2.24, 2.45) is 5.41 Å². The number of para-hydroxylation sites is 1. The molecule has 1 saturated heterocycles. The van der Waals surface area contributed by atoms with Crippen LogP contribution in [-0.2, 0) is 37.0 Å². The number of fused-ring (bicyclic) bond motifs is 1. The van der Waals surface area contributed by atoms with Gasteiger partial charge < -0.3 is 35.2 Å². The molecule has 3 aromatic rings. The van der Waals surface area contributed by atoms with E-state index in [1.807, 2.05) is 41.5 Å². The Morgan fingerprint density at radius 1 is 0.930 bits per heavy atom. The molecule has 4 rings (SSSR count). The Balaban J connectivity index is 1.67. The van der Waals surface area contributed by atoms with Gasteiger partial charge in [0.05, 0.1) is 12.6 Å². The molecule has 2 aromatic carbocycles. The smallest absolute Gasteiger partial charge is 0.418 e. The molecule has 0 saturated carbocycles. The van der Waals surface area contributed by atoms with Gasteiger partial charge in [-0.25, -0.2) is 14.4 Å². The molecule has 57 heavy (non-hydrogen) atoms. The van der Waals surface area contributed by atoms with E-state index in [-0.39, 0.29) is 49.7 Å². The van der Waals surface area contributed by atoms with Crippen molar-refractivity contribution in [3.05, 3.63) is 76.0 Å². The molecule has 5 unspecified atom stereocenters. The number of hydrogen-bond donors (Lipinski definition) is 3. The number of amides is 4. The number of benzene rings is 2. The molecule has 0 bridgehead atoms. The van der Waals surface area contributed by atoms with Gasteiger partial charge in [0, 0.05) is 30.1 Å². The zero-order chi connectivity index (χ0) is 41.9. The predicted molar refractivity (Wildman–Crippen MR) is 212 cm³/mol. The van der Waals surface area contributed by atoms with Gasteiger partial charge in [-0.2, -0.15) is 0 Å². The van der Waals surface area contributed by atoms with Crippen LogP contribution in [0.1, 0.15) is 97.6 Å². The van der Waals surface area contributed by atoms with Gasteiger partial charge in [0.1, 0.15) is 30.5 Å². The average molecular weight is 793 g/mol. The molecular weight excluding hydrogens is 736 g/mol. The van der Waals surface area contributed by atoms with Crippen molar-refractivity contribution in [3.63, 3.8) is 0 Å². The summed E-state index contributed by atoms with van der Waals surface area (Å²) >= 11 is 0. The van der Waals surface area contributed by atoms with Crippen molar-refractivity contribution in [3.8, 4) is 5.75 Å². The molecule has 0 spiro atoms. The van der Waals surface area contributed by atoms with E-state index in [2.05, 4.69) is 20.8 Å². The van der Waals surface area contributed by atoms with Crippen LogP contribution < -0.4 is 20.7 Å². The number of methoxy groups -OCH3 is 1. The van der Waals surface area contributed by atoms with E-state index in [0.717, 1.165) is 19.3 Å². The number of rotatable bonds is 16. The fraction of sp³-hybridized carbons (Fsp3) is 0.537. The molecule has 0 radical (unpaired) electrons. The van der Waals surface area contributed by atoms with Gasteiger partial charge in [-0.1, -0.05) is 70.9 Å². The van der Waals surface area contributed by atoms with E-state index >= 15 is 0 Å². The summed E-state index contributed by atoms with van der Waals surface area (Å²) in [7, 11) is 1.26. The van der Waals surface area contributed by atoms with Crippen LogP contribution in [0.4, 0.5) is 9.59 Å². The van der Waals surface area contributed by atoms with Crippen LogP contribution in [0.25, 0.3) is 10.9 Å². The van der Waals surface area contributed by atoms with Gasteiger partial charge in [-0.3, -0.25) is 14.2 Å². The van der Waals surface area contributed by atoms with Crippen molar-refractivity contribution >= 4 is 40.8 Å². The monoisotopic (exact) mass is 792 g/mol. The summed E-state index contributed by atoms with van der Waals surface area (Å²) in [6.07, 6.45) is 5.22. The summed E-state index contributed by atoms with van der Waals surface area (Å²) in [4.78, 5) is 85.8. The molecule has 2 heterocycles. The van der Waals surface area contributed by atoms with E-state index in [1.54, 1.807) is 47.5 Å². The Labute approximate surface area is 333 Å². The molecule has 5 atom stereocenters. The highest BCUT2D eigenvalue weighted by Crippen LogP contribution is 2.26. The normalized spacial score (nSPS) is 17.1. The third kappa shape index (κ3) is 12.4. The fourth-order valence-electron chi connectivity index (χ4n) is 7.17. The number of carbonyl (C=O) groups is 5. The van der Waals surface area contributed by atoms with Gasteiger partial charge >= 0.3 is 18.1 Å². The van der Waals surface area contributed by atoms with Crippen molar-refractivity contribution in [1.29, 1.82) is 0 Å². The zero-order valence-corrected chi connectivity index (χ0v) is 33.9. The van der Waals surface area contributed by atoms with Gasteiger partial charge in [0.25, 0.3) is 5.09 Å². The molecule has 1 aliphatic rings. The lowest BCUT2D eigenvalue weighted by Crippen LogP contribution is -2.60. The second-order valence-electron chi connectivity index (χ2n) is 15.8. The quantitative estimate of drug-likeness (QED) is 0.0664. The molecule has 1 fully saturated rings. The molecule has 1 aliphatic heterocycles. The number of nitrogens with zero attached hydrogens (tertiary/aromatic N) is 3. The van der Waals surface area contributed by atoms with Gasteiger partial charge in [0.2, 0.25) is 11.8 Å². The summed E-state index contributed by atoms with van der Waals surface area (Å²) in [6.45, 7) is 11.4. The molecule has 1 aromatic heterocycles. The Hall–Kier alpha value is -5.67. The first-order valence-electron chi connectivity index (χ1n) is 19.5. The van der Waals surface area contributed by atoms with Crippen LogP contribution in [0.2, 0.25) is 0 Å². The molecule has 16 nitrogen and oxygen atoms in total. The average Bonchev–Trinajstić information content (AvgIpc) is 3.52. The third-order valence-electron chi connectivity index (χ3n) is 9.98. The molecule has 16 heteroatoms. The lowest BCUT2D eigenvalue weighted by molar-refractivity contribution is -0.763. The van der Waals surface area contributed by atoms with E-state index in [4.69, 9.17) is 9.47 Å². The van der Waals surface area contributed by atoms with Gasteiger partial charge in [-0.15, -0.1) is 10.1 Å². The first-order valence-corrected chi connectivity index (χ1v) is 19.5. The molecule has 4 amide bonds. The summed E-state index contributed by atoms with van der Waals surface area (Å²) in [5.41, 5.74) is 1.07.